The third-order valence-corrected chi connectivity index (χ3v) is 0. The van der Waals surface area contributed by atoms with Gasteiger partial charge in [0.2, 0.25) is 0 Å². The largest absolute Gasteiger partial charge is 2.00 e. The molecule has 6 N–H and O–H groups in total. The van der Waals surface area contributed by atoms with Crippen LogP contribution in [-0.4, -0.2) is 32.9 Å². The Labute approximate surface area is 83.5 Å². The van der Waals surface area contributed by atoms with E-state index in [2.05, 4.69) is 0 Å². The van der Waals surface area contributed by atoms with Gasteiger partial charge in [-0.1, -0.05) is 0 Å². The summed E-state index contributed by atoms with van der Waals surface area (Å²) in [6.07, 6.45) is 0. The Bertz CT molecular complexity index is 13.0. The van der Waals surface area contributed by atoms with E-state index in [1.54, 1.807) is 0 Å². The summed E-state index contributed by atoms with van der Waals surface area (Å²) in [6.45, 7) is 0. The second-order valence-corrected chi connectivity index (χ2v) is 0. The van der Waals surface area contributed by atoms with Gasteiger partial charge >= 0.3 is 50.6 Å². The minimum atomic E-state index is 0. The van der Waals surface area contributed by atoms with Gasteiger partial charge in [0.1, 0.15) is 0 Å². The number of rotatable bonds is 0. The summed E-state index contributed by atoms with van der Waals surface area (Å²) in [6, 6.07) is 0. The topological polar surface area (TPSA) is 180 Å². The summed E-state index contributed by atoms with van der Waals surface area (Å²) in [5.74, 6) is 0. The number of hydrogen-bond donors (Lipinski definition) is 0. The molecule has 0 saturated carbocycles. The zero-order valence-electron chi connectivity index (χ0n) is 3.73. The molecule has 1 radical (unpaired) electrons. The fourth-order valence-corrected chi connectivity index (χ4v) is 0. The van der Waals surface area contributed by atoms with Crippen LogP contribution in [0.15, 0.2) is 0 Å². The van der Waals surface area contributed by atoms with Crippen molar-refractivity contribution in [2.45, 2.75) is 0 Å². The summed E-state index contributed by atoms with van der Waals surface area (Å²) < 4.78 is 0. The van der Waals surface area contributed by atoms with Crippen LogP contribution in [0.3, 0.4) is 0 Å². The molecule has 6 nitrogen and oxygen atoms in total. The van der Waals surface area contributed by atoms with Crippen molar-refractivity contribution in [3.8, 4) is 0 Å². The number of hydrogen-bond acceptors (Lipinski definition) is 6. The summed E-state index contributed by atoms with van der Waals surface area (Å²) in [5.41, 5.74) is 0. The molecule has 0 aliphatic rings. The fourth-order valence-electron chi connectivity index (χ4n) is 0. The van der Waals surface area contributed by atoms with E-state index in [4.69, 9.17) is 0 Å². The molecule has 0 unspecified atom stereocenters. The minimum Gasteiger partial charge on any atom is -0.870 e. The van der Waals surface area contributed by atoms with Gasteiger partial charge in [-0.3, -0.25) is 0 Å². The van der Waals surface area contributed by atoms with Crippen LogP contribution in [-0.2, 0) is 50.6 Å². The van der Waals surface area contributed by atoms with Crippen molar-refractivity contribution in [2.24, 2.45) is 0 Å². The molecule has 0 rings (SSSR count). The summed E-state index contributed by atoms with van der Waals surface area (Å²) in [5, 5.41) is 0. The molecule has 0 spiro atoms. The molecule has 9 heavy (non-hydrogen) atoms. The van der Waals surface area contributed by atoms with Crippen molar-refractivity contribution in [3.63, 3.8) is 0 Å². The Kier molecular flexibility index (Phi) is 22600. The van der Waals surface area contributed by atoms with E-state index in [-0.39, 0.29) is 83.5 Å². The third kappa shape index (κ3) is 296. The van der Waals surface area contributed by atoms with Gasteiger partial charge in [0.05, 0.1) is 0 Å². The smallest absolute Gasteiger partial charge is 0.870 e. The molecule has 0 aromatic heterocycles. The van der Waals surface area contributed by atoms with Gasteiger partial charge in [0, 0.05) is 0 Å². The molecule has 0 aliphatic carbocycles. The van der Waals surface area contributed by atoms with E-state index in [0.717, 1.165) is 0 Å². The van der Waals surface area contributed by atoms with Crippen LogP contribution < -0.4 is 0 Å². The summed E-state index contributed by atoms with van der Waals surface area (Å²) in [4.78, 5) is 0. The predicted molar refractivity (Wildman–Crippen MR) is 11.6 cm³/mol. The second-order valence-electron chi connectivity index (χ2n) is 0. The Hall–Kier alpha value is 1.29. The molecule has 0 fully saturated rings. The SMILES string of the molecule is [Fe+2].[Mn+2].[Ni+2].[OH-].[OH-].[OH-].[OH-].[OH-].[OH-]. The van der Waals surface area contributed by atoms with E-state index in [0.29, 0.717) is 0 Å². The van der Waals surface area contributed by atoms with Gasteiger partial charge in [0.25, 0.3) is 0 Å². The molecule has 67 valence electrons. The Morgan fingerprint density at radius 3 is 0.444 bits per heavy atom. The zero-order valence-corrected chi connectivity index (χ0v) is 7.00. The summed E-state index contributed by atoms with van der Waals surface area (Å²) >= 11 is 0. The van der Waals surface area contributed by atoms with Crippen molar-refractivity contribution in [2.75, 3.05) is 0 Å². The maximum Gasteiger partial charge on any atom is 2.00 e. The van der Waals surface area contributed by atoms with Gasteiger partial charge in [-0.2, -0.15) is 0 Å². The summed E-state index contributed by atoms with van der Waals surface area (Å²) in [7, 11) is 0. The van der Waals surface area contributed by atoms with E-state index in [1.807, 2.05) is 0 Å². The van der Waals surface area contributed by atoms with Gasteiger partial charge in [0.15, 0.2) is 0 Å². The average molecular weight is 272 g/mol. The van der Waals surface area contributed by atoms with Crippen LogP contribution in [0.2, 0.25) is 0 Å². The van der Waals surface area contributed by atoms with Gasteiger partial charge in [-0.25, -0.2) is 0 Å². The van der Waals surface area contributed by atoms with Crippen LogP contribution in [0.4, 0.5) is 0 Å². The Morgan fingerprint density at radius 1 is 0.444 bits per heavy atom. The first-order chi connectivity index (χ1) is 0. The van der Waals surface area contributed by atoms with Crippen LogP contribution in [0.5, 0.6) is 0 Å². The maximum atomic E-state index is 0. The van der Waals surface area contributed by atoms with Crippen molar-refractivity contribution in [1.82, 2.24) is 0 Å². The van der Waals surface area contributed by atoms with Crippen LogP contribution in [0.25, 0.3) is 0 Å². The van der Waals surface area contributed by atoms with E-state index < -0.39 is 0 Å². The van der Waals surface area contributed by atoms with Crippen molar-refractivity contribution >= 4 is 0 Å². The maximum absolute atomic E-state index is 0. The first-order valence-corrected chi connectivity index (χ1v) is 0. The second kappa shape index (κ2) is 383. The van der Waals surface area contributed by atoms with Crippen molar-refractivity contribution in [1.29, 1.82) is 0 Å². The van der Waals surface area contributed by atoms with Gasteiger partial charge in [-0.05, 0) is 0 Å². The van der Waals surface area contributed by atoms with Gasteiger partial charge < -0.3 is 32.9 Å². The molecule has 0 heterocycles. The molecule has 0 amide bonds. The average Bonchev–Trinajstić information content (AvgIpc) is 0. The predicted octanol–water partition coefficient (Wildman–Crippen LogP) is -1.07. The monoisotopic (exact) mass is 271 g/mol. The van der Waals surface area contributed by atoms with Crippen LogP contribution in [0.1, 0.15) is 0 Å². The van der Waals surface area contributed by atoms with Crippen molar-refractivity contribution < 1.29 is 83.5 Å². The molecular weight excluding hydrogens is 265 g/mol. The first kappa shape index (κ1) is 532. The molecule has 0 atom stereocenters. The normalized spacial score (nSPS) is 0. The molecule has 0 bridgehead atoms. The van der Waals surface area contributed by atoms with Crippen molar-refractivity contribution in [3.05, 3.63) is 0 Å². The van der Waals surface area contributed by atoms with Gasteiger partial charge in [-0.15, -0.1) is 0 Å². The molecule has 0 aromatic carbocycles. The molecule has 0 saturated heterocycles. The molecule has 9 heteroatoms. The van der Waals surface area contributed by atoms with E-state index in [9.17, 15) is 0 Å². The van der Waals surface area contributed by atoms with Crippen LogP contribution in [0, 0.1) is 0 Å². The molecular formula is H6FeMnNiO6. The van der Waals surface area contributed by atoms with E-state index >= 15 is 0 Å². The minimum absolute atomic E-state index is 0. The van der Waals surface area contributed by atoms with Crippen LogP contribution >= 0.6 is 0 Å². The standard InChI is InChI=1S/Fe.Mn.Ni.6H2O/h;;;6*1H2/q3*+2;;;;;;/p-6. The third-order valence-electron chi connectivity index (χ3n) is 0. The zero-order chi connectivity index (χ0) is 0. The fraction of sp³-hybridized carbons (Fsp3) is 0. The first-order valence-electron chi connectivity index (χ1n) is 0. The molecule has 0 aromatic rings. The Morgan fingerprint density at radius 2 is 0.444 bits per heavy atom. The van der Waals surface area contributed by atoms with E-state index in [1.165, 1.54) is 0 Å². The quantitative estimate of drug-likeness (QED) is 0.505. The molecule has 0 aliphatic heterocycles. The Balaban J connectivity index is 0.